The zero-order valence-electron chi connectivity index (χ0n) is 15.4. The number of aryl methyl sites for hydroxylation is 4. The van der Waals surface area contributed by atoms with E-state index in [9.17, 15) is 4.79 Å². The highest BCUT2D eigenvalue weighted by Gasteiger charge is 2.17. The maximum absolute atomic E-state index is 13.2. The lowest BCUT2D eigenvalue weighted by molar-refractivity contribution is 0.820. The molecule has 0 saturated heterocycles. The zero-order chi connectivity index (χ0) is 18.4. The summed E-state index contributed by atoms with van der Waals surface area (Å²) in [4.78, 5) is 13.2. The largest absolute Gasteiger partial charge is 0.317 e. The first-order chi connectivity index (χ1) is 12.5. The van der Waals surface area contributed by atoms with Crippen LogP contribution in [0.5, 0.6) is 0 Å². The van der Waals surface area contributed by atoms with Crippen molar-refractivity contribution in [2.45, 2.75) is 27.7 Å². The number of hydrogen-bond acceptors (Lipinski definition) is 2. The first-order valence-corrected chi connectivity index (χ1v) is 8.71. The molecule has 4 heteroatoms. The van der Waals surface area contributed by atoms with Gasteiger partial charge in [0.05, 0.1) is 17.3 Å². The maximum atomic E-state index is 13.2. The van der Waals surface area contributed by atoms with Gasteiger partial charge in [-0.15, -0.1) is 0 Å². The molecule has 2 heterocycles. The highest BCUT2D eigenvalue weighted by Crippen LogP contribution is 2.26. The van der Waals surface area contributed by atoms with Crippen LogP contribution in [0.3, 0.4) is 0 Å². The Hall–Kier alpha value is -3.14. The van der Waals surface area contributed by atoms with Crippen LogP contribution in [0, 0.1) is 27.7 Å². The Balaban J connectivity index is 2.00. The summed E-state index contributed by atoms with van der Waals surface area (Å²) >= 11 is 0. The molecule has 130 valence electrons. The van der Waals surface area contributed by atoms with Crippen LogP contribution in [0.2, 0.25) is 0 Å². The van der Waals surface area contributed by atoms with Crippen LogP contribution in [0.25, 0.3) is 22.1 Å². The van der Waals surface area contributed by atoms with Gasteiger partial charge in [-0.2, -0.15) is 9.78 Å². The van der Waals surface area contributed by atoms with E-state index in [1.165, 1.54) is 10.2 Å². The summed E-state index contributed by atoms with van der Waals surface area (Å²) in [6.07, 6.45) is 1.80. The second-order valence-corrected chi connectivity index (χ2v) is 6.83. The Morgan fingerprint density at radius 3 is 2.23 bits per heavy atom. The van der Waals surface area contributed by atoms with Gasteiger partial charge >= 0.3 is 0 Å². The summed E-state index contributed by atoms with van der Waals surface area (Å²) in [7, 11) is 0. The SMILES string of the molecule is Cc1ccc(-n2c(C)c3cnn(-c4cccc(C)c4)c(=O)c3c2C)cc1. The van der Waals surface area contributed by atoms with E-state index in [0.717, 1.165) is 39.1 Å². The third kappa shape index (κ3) is 2.46. The standard InChI is InChI=1S/C22H21N3O/c1-14-8-10-18(11-9-14)24-16(3)20-13-23-25(22(26)21(20)17(24)4)19-7-5-6-15(2)12-19/h5-13H,1-4H3. The average molecular weight is 343 g/mol. The summed E-state index contributed by atoms with van der Waals surface area (Å²) in [5.41, 5.74) is 6.04. The van der Waals surface area contributed by atoms with Gasteiger partial charge in [0, 0.05) is 22.5 Å². The molecular formula is C22H21N3O. The van der Waals surface area contributed by atoms with E-state index in [-0.39, 0.29) is 5.56 Å². The lowest BCUT2D eigenvalue weighted by atomic mass is 10.2. The van der Waals surface area contributed by atoms with Crippen molar-refractivity contribution in [1.29, 1.82) is 0 Å². The molecule has 0 N–H and O–H groups in total. The van der Waals surface area contributed by atoms with Crippen molar-refractivity contribution in [3.8, 4) is 11.4 Å². The van der Waals surface area contributed by atoms with Gasteiger partial charge in [0.1, 0.15) is 0 Å². The quantitative estimate of drug-likeness (QED) is 0.541. The Morgan fingerprint density at radius 2 is 1.54 bits per heavy atom. The predicted octanol–water partition coefficient (Wildman–Crippen LogP) is 4.41. The third-order valence-electron chi connectivity index (χ3n) is 4.94. The molecule has 4 aromatic rings. The first-order valence-electron chi connectivity index (χ1n) is 8.71. The Morgan fingerprint density at radius 1 is 0.808 bits per heavy atom. The molecule has 0 aliphatic heterocycles. The molecule has 0 unspecified atom stereocenters. The molecule has 0 aliphatic rings. The minimum absolute atomic E-state index is 0.0837. The van der Waals surface area contributed by atoms with E-state index in [1.807, 2.05) is 45.0 Å². The van der Waals surface area contributed by atoms with Crippen LogP contribution in [-0.2, 0) is 0 Å². The molecule has 4 nitrogen and oxygen atoms in total. The van der Waals surface area contributed by atoms with Gasteiger partial charge in [-0.3, -0.25) is 4.79 Å². The van der Waals surface area contributed by atoms with Crippen molar-refractivity contribution in [1.82, 2.24) is 14.3 Å². The molecule has 26 heavy (non-hydrogen) atoms. The fraction of sp³-hybridized carbons (Fsp3) is 0.182. The van der Waals surface area contributed by atoms with Crippen molar-refractivity contribution in [2.75, 3.05) is 0 Å². The van der Waals surface area contributed by atoms with Crippen LogP contribution >= 0.6 is 0 Å². The minimum atomic E-state index is -0.0837. The van der Waals surface area contributed by atoms with Crippen molar-refractivity contribution in [3.63, 3.8) is 0 Å². The fourth-order valence-corrected chi connectivity index (χ4v) is 3.59. The Kier molecular flexibility index (Phi) is 3.76. The average Bonchev–Trinajstić information content (AvgIpc) is 2.88. The van der Waals surface area contributed by atoms with Crippen LogP contribution in [0.15, 0.2) is 59.5 Å². The highest BCUT2D eigenvalue weighted by atomic mass is 16.1. The minimum Gasteiger partial charge on any atom is -0.317 e. The fourth-order valence-electron chi connectivity index (χ4n) is 3.59. The van der Waals surface area contributed by atoms with Crippen LogP contribution in [0.1, 0.15) is 22.5 Å². The van der Waals surface area contributed by atoms with E-state index in [2.05, 4.69) is 40.9 Å². The molecule has 0 saturated carbocycles. The third-order valence-corrected chi connectivity index (χ3v) is 4.94. The van der Waals surface area contributed by atoms with Crippen molar-refractivity contribution in [3.05, 3.63) is 87.6 Å². The zero-order valence-corrected chi connectivity index (χ0v) is 15.4. The van der Waals surface area contributed by atoms with Gasteiger partial charge < -0.3 is 4.57 Å². The van der Waals surface area contributed by atoms with Gasteiger partial charge in [-0.05, 0) is 57.5 Å². The smallest absolute Gasteiger partial charge is 0.281 e. The summed E-state index contributed by atoms with van der Waals surface area (Å²) in [5, 5.41) is 6.05. The second kappa shape index (κ2) is 5.99. The van der Waals surface area contributed by atoms with E-state index in [1.54, 1.807) is 6.20 Å². The van der Waals surface area contributed by atoms with E-state index in [0.29, 0.717) is 0 Å². The lowest BCUT2D eigenvalue weighted by Gasteiger charge is -2.09. The summed E-state index contributed by atoms with van der Waals surface area (Å²) < 4.78 is 3.62. The van der Waals surface area contributed by atoms with Gasteiger partial charge in [-0.1, -0.05) is 29.8 Å². The number of rotatable bonds is 2. The van der Waals surface area contributed by atoms with Crippen LogP contribution < -0.4 is 5.56 Å². The van der Waals surface area contributed by atoms with Gasteiger partial charge in [0.15, 0.2) is 0 Å². The monoisotopic (exact) mass is 343 g/mol. The van der Waals surface area contributed by atoms with Crippen LogP contribution in [-0.4, -0.2) is 14.3 Å². The Labute approximate surface area is 152 Å². The molecule has 0 atom stereocenters. The summed E-state index contributed by atoms with van der Waals surface area (Å²) in [5.74, 6) is 0. The first kappa shape index (κ1) is 16.3. The second-order valence-electron chi connectivity index (χ2n) is 6.83. The Bertz CT molecular complexity index is 1180. The number of hydrogen-bond donors (Lipinski definition) is 0. The highest BCUT2D eigenvalue weighted by molar-refractivity contribution is 5.88. The van der Waals surface area contributed by atoms with E-state index >= 15 is 0 Å². The van der Waals surface area contributed by atoms with Crippen molar-refractivity contribution >= 4 is 10.8 Å². The van der Waals surface area contributed by atoms with Gasteiger partial charge in [0.25, 0.3) is 5.56 Å². The topological polar surface area (TPSA) is 39.8 Å². The molecule has 0 amide bonds. The van der Waals surface area contributed by atoms with Gasteiger partial charge in [0.2, 0.25) is 0 Å². The molecule has 4 rings (SSSR count). The lowest BCUT2D eigenvalue weighted by Crippen LogP contribution is -2.21. The molecule has 0 spiro atoms. The molecule has 0 bridgehead atoms. The molecule has 2 aromatic heterocycles. The van der Waals surface area contributed by atoms with Gasteiger partial charge in [-0.25, -0.2) is 0 Å². The molecular weight excluding hydrogens is 322 g/mol. The summed E-state index contributed by atoms with van der Waals surface area (Å²) in [6.45, 7) is 8.11. The molecule has 0 fully saturated rings. The predicted molar refractivity (Wildman–Crippen MR) is 106 cm³/mol. The number of nitrogens with zero attached hydrogens (tertiary/aromatic N) is 3. The number of aromatic nitrogens is 3. The maximum Gasteiger partial charge on any atom is 0.281 e. The summed E-state index contributed by atoms with van der Waals surface area (Å²) in [6, 6.07) is 16.2. The van der Waals surface area contributed by atoms with E-state index < -0.39 is 0 Å². The number of fused-ring (bicyclic) bond motifs is 1. The van der Waals surface area contributed by atoms with Crippen molar-refractivity contribution in [2.24, 2.45) is 0 Å². The van der Waals surface area contributed by atoms with E-state index in [4.69, 9.17) is 0 Å². The van der Waals surface area contributed by atoms with Crippen LogP contribution in [0.4, 0.5) is 0 Å². The molecule has 0 aliphatic carbocycles. The molecule has 0 radical (unpaired) electrons. The van der Waals surface area contributed by atoms with Crippen molar-refractivity contribution < 1.29 is 0 Å². The number of benzene rings is 2. The molecule has 2 aromatic carbocycles. The normalized spacial score (nSPS) is 11.2.